The zero-order valence-electron chi connectivity index (χ0n) is 13.8. The summed E-state index contributed by atoms with van der Waals surface area (Å²) in [6.07, 6.45) is 8.58. The van der Waals surface area contributed by atoms with E-state index in [1.54, 1.807) is 6.33 Å². The summed E-state index contributed by atoms with van der Waals surface area (Å²) in [7, 11) is 2.22. The van der Waals surface area contributed by atoms with Gasteiger partial charge in [0.25, 0.3) is 0 Å². The van der Waals surface area contributed by atoms with E-state index in [4.69, 9.17) is 5.73 Å². The Morgan fingerprint density at radius 3 is 2.57 bits per heavy atom. The van der Waals surface area contributed by atoms with Crippen molar-refractivity contribution in [2.24, 2.45) is 0 Å². The molecular weight excluding hydrogens is 288 g/mol. The van der Waals surface area contributed by atoms with Crippen molar-refractivity contribution in [1.82, 2.24) is 24.8 Å². The zero-order chi connectivity index (χ0) is 15.8. The van der Waals surface area contributed by atoms with E-state index in [9.17, 15) is 0 Å². The fourth-order valence-electron chi connectivity index (χ4n) is 4.21. The number of hydrogen-bond acceptors (Lipinski definition) is 5. The normalized spacial score (nSPS) is 27.5. The number of hydrogen-bond donors (Lipinski definition) is 2. The number of rotatable bonds is 2. The Labute approximate surface area is 137 Å². The second-order valence-corrected chi connectivity index (χ2v) is 7.07. The molecule has 6 nitrogen and oxygen atoms in total. The molecule has 0 bridgehead atoms. The van der Waals surface area contributed by atoms with Crippen LogP contribution in [0.2, 0.25) is 0 Å². The fraction of sp³-hybridized carbons (Fsp3) is 0.647. The molecule has 2 aromatic rings. The molecule has 1 aliphatic heterocycles. The van der Waals surface area contributed by atoms with Gasteiger partial charge in [0, 0.05) is 50.0 Å². The number of aromatic nitrogens is 3. The highest BCUT2D eigenvalue weighted by molar-refractivity contribution is 5.89. The van der Waals surface area contributed by atoms with Crippen molar-refractivity contribution < 1.29 is 0 Å². The number of nitrogens with one attached hydrogen (secondary N) is 1. The number of piperazine rings is 1. The lowest BCUT2D eigenvalue weighted by Gasteiger charge is -2.41. The van der Waals surface area contributed by atoms with E-state index in [-0.39, 0.29) is 0 Å². The van der Waals surface area contributed by atoms with E-state index in [2.05, 4.69) is 31.8 Å². The van der Waals surface area contributed by atoms with Gasteiger partial charge < -0.3 is 15.6 Å². The van der Waals surface area contributed by atoms with Crippen molar-refractivity contribution in [3.63, 3.8) is 0 Å². The number of nitrogens with zero attached hydrogens (tertiary/aromatic N) is 4. The Balaban J connectivity index is 1.44. The predicted octanol–water partition coefficient (Wildman–Crippen LogP) is 1.81. The molecule has 0 unspecified atom stereocenters. The van der Waals surface area contributed by atoms with Crippen molar-refractivity contribution in [2.45, 2.75) is 37.6 Å². The highest BCUT2D eigenvalue weighted by Crippen LogP contribution is 2.37. The van der Waals surface area contributed by atoms with E-state index in [1.165, 1.54) is 57.6 Å². The van der Waals surface area contributed by atoms with Crippen LogP contribution in [-0.2, 0) is 0 Å². The van der Waals surface area contributed by atoms with Crippen LogP contribution in [0, 0.1) is 0 Å². The van der Waals surface area contributed by atoms with E-state index in [0.29, 0.717) is 11.7 Å². The smallest absolute Gasteiger partial charge is 0.136 e. The van der Waals surface area contributed by atoms with Gasteiger partial charge in [-0.15, -0.1) is 0 Å². The summed E-state index contributed by atoms with van der Waals surface area (Å²) in [5.41, 5.74) is 8.22. The van der Waals surface area contributed by atoms with Gasteiger partial charge in [0.1, 0.15) is 12.1 Å². The zero-order valence-corrected chi connectivity index (χ0v) is 13.8. The Hall–Kier alpha value is -1.66. The minimum absolute atomic E-state index is 0.573. The molecule has 1 saturated carbocycles. The molecule has 1 saturated heterocycles. The minimum Gasteiger partial charge on any atom is -0.383 e. The van der Waals surface area contributed by atoms with Crippen LogP contribution < -0.4 is 5.73 Å². The van der Waals surface area contributed by atoms with E-state index in [1.807, 2.05) is 6.20 Å². The van der Waals surface area contributed by atoms with Crippen LogP contribution in [0.3, 0.4) is 0 Å². The molecule has 2 aromatic heterocycles. The number of likely N-dealkylation sites (N-methyl/N-ethyl adjacent to an activating group) is 1. The summed E-state index contributed by atoms with van der Waals surface area (Å²) in [6, 6.07) is 0.765. The quantitative estimate of drug-likeness (QED) is 0.884. The van der Waals surface area contributed by atoms with E-state index in [0.717, 1.165) is 16.9 Å². The Bertz CT molecular complexity index is 665. The molecule has 3 N–H and O–H groups in total. The summed E-state index contributed by atoms with van der Waals surface area (Å²) >= 11 is 0. The number of H-pyrrole nitrogens is 1. The van der Waals surface area contributed by atoms with Crippen molar-refractivity contribution in [1.29, 1.82) is 0 Å². The van der Waals surface area contributed by atoms with Gasteiger partial charge in [-0.1, -0.05) is 0 Å². The third kappa shape index (κ3) is 2.81. The molecule has 4 rings (SSSR count). The second kappa shape index (κ2) is 6.09. The lowest BCUT2D eigenvalue weighted by Crippen LogP contribution is -2.49. The number of fused-ring (bicyclic) bond motifs is 1. The number of anilines is 1. The van der Waals surface area contributed by atoms with Gasteiger partial charge in [0.05, 0.1) is 10.9 Å². The Kier molecular flexibility index (Phi) is 3.95. The van der Waals surface area contributed by atoms with E-state index >= 15 is 0 Å². The number of aromatic amines is 1. The van der Waals surface area contributed by atoms with Crippen LogP contribution in [0.25, 0.3) is 10.9 Å². The number of nitrogen functional groups attached to an aromatic ring is 1. The molecule has 3 heterocycles. The fourth-order valence-corrected chi connectivity index (χ4v) is 4.21. The SMILES string of the molecule is CN1CCN(C2CCC(c3[nH]cc4c(N)ncnc34)CC2)CC1. The average Bonchev–Trinajstić information content (AvgIpc) is 3.01. The summed E-state index contributed by atoms with van der Waals surface area (Å²) < 4.78 is 0. The molecule has 1 aliphatic carbocycles. The van der Waals surface area contributed by atoms with Crippen LogP contribution in [0.15, 0.2) is 12.5 Å². The molecule has 2 fully saturated rings. The maximum atomic E-state index is 5.95. The van der Waals surface area contributed by atoms with Gasteiger partial charge in [-0.25, -0.2) is 9.97 Å². The van der Waals surface area contributed by atoms with Crippen LogP contribution in [-0.4, -0.2) is 64.0 Å². The van der Waals surface area contributed by atoms with Crippen LogP contribution in [0.4, 0.5) is 5.82 Å². The Morgan fingerprint density at radius 1 is 1.09 bits per heavy atom. The summed E-state index contributed by atoms with van der Waals surface area (Å²) in [5.74, 6) is 1.15. The van der Waals surface area contributed by atoms with Crippen LogP contribution in [0.1, 0.15) is 37.3 Å². The maximum Gasteiger partial charge on any atom is 0.136 e. The summed E-state index contributed by atoms with van der Waals surface area (Å²) in [5, 5.41) is 0.962. The molecule has 124 valence electrons. The maximum absolute atomic E-state index is 5.95. The standard InChI is InChI=1S/C17H26N6/c1-22-6-8-23(9-7-22)13-4-2-12(3-5-13)15-16-14(10-19-15)17(18)21-11-20-16/h10-13,19H,2-9H2,1H3,(H2,18,20,21). The third-order valence-corrected chi connectivity index (χ3v) is 5.70. The number of nitrogens with two attached hydrogens (primary N) is 1. The molecule has 0 atom stereocenters. The second-order valence-electron chi connectivity index (χ2n) is 7.07. The van der Waals surface area contributed by atoms with Crippen molar-refractivity contribution in [2.75, 3.05) is 39.0 Å². The molecule has 0 radical (unpaired) electrons. The first kappa shape index (κ1) is 14.9. The lowest BCUT2D eigenvalue weighted by atomic mass is 9.83. The average molecular weight is 314 g/mol. The largest absolute Gasteiger partial charge is 0.383 e. The first-order chi connectivity index (χ1) is 11.2. The minimum atomic E-state index is 0.573. The lowest BCUT2D eigenvalue weighted by molar-refractivity contribution is 0.0877. The summed E-state index contributed by atoms with van der Waals surface area (Å²) in [6.45, 7) is 4.86. The van der Waals surface area contributed by atoms with Crippen molar-refractivity contribution in [3.8, 4) is 0 Å². The van der Waals surface area contributed by atoms with E-state index < -0.39 is 0 Å². The van der Waals surface area contributed by atoms with Crippen LogP contribution in [0.5, 0.6) is 0 Å². The first-order valence-electron chi connectivity index (χ1n) is 8.72. The Morgan fingerprint density at radius 2 is 1.83 bits per heavy atom. The van der Waals surface area contributed by atoms with Gasteiger partial charge in [-0.2, -0.15) is 0 Å². The van der Waals surface area contributed by atoms with Crippen molar-refractivity contribution in [3.05, 3.63) is 18.2 Å². The predicted molar refractivity (Wildman–Crippen MR) is 92.4 cm³/mol. The van der Waals surface area contributed by atoms with Crippen LogP contribution >= 0.6 is 0 Å². The summed E-state index contributed by atoms with van der Waals surface area (Å²) in [4.78, 5) is 17.1. The van der Waals surface area contributed by atoms with Gasteiger partial charge in [-0.05, 0) is 32.7 Å². The van der Waals surface area contributed by atoms with Gasteiger partial charge in [0.15, 0.2) is 0 Å². The molecule has 0 aromatic carbocycles. The molecule has 6 heteroatoms. The molecule has 2 aliphatic rings. The highest BCUT2D eigenvalue weighted by Gasteiger charge is 2.29. The van der Waals surface area contributed by atoms with Gasteiger partial charge in [-0.3, -0.25) is 4.90 Å². The van der Waals surface area contributed by atoms with Gasteiger partial charge >= 0.3 is 0 Å². The highest BCUT2D eigenvalue weighted by atomic mass is 15.3. The van der Waals surface area contributed by atoms with Crippen molar-refractivity contribution >= 4 is 16.7 Å². The van der Waals surface area contributed by atoms with Gasteiger partial charge in [0.2, 0.25) is 0 Å². The monoisotopic (exact) mass is 314 g/mol. The molecule has 0 amide bonds. The topological polar surface area (TPSA) is 74.1 Å². The first-order valence-corrected chi connectivity index (χ1v) is 8.72. The molecular formula is C17H26N6. The molecule has 0 spiro atoms. The third-order valence-electron chi connectivity index (χ3n) is 5.70. The molecule has 23 heavy (non-hydrogen) atoms.